The van der Waals surface area contributed by atoms with Gasteiger partial charge in [-0.25, -0.2) is 9.97 Å². The Kier molecular flexibility index (Phi) is 4.11. The molecule has 0 aliphatic carbocycles. The van der Waals surface area contributed by atoms with Gasteiger partial charge in [0.05, 0.1) is 5.38 Å². The summed E-state index contributed by atoms with van der Waals surface area (Å²) in [6.07, 6.45) is 1.88. The Hall–Kier alpha value is -1.13. The molecule has 0 aliphatic rings. The van der Waals surface area contributed by atoms with Crippen LogP contribution in [0, 0.1) is 6.92 Å². The van der Waals surface area contributed by atoms with Gasteiger partial charge in [-0.1, -0.05) is 0 Å². The summed E-state index contributed by atoms with van der Waals surface area (Å²) in [6, 6.07) is 2.34. The molecule has 0 spiro atoms. The second-order valence-corrected chi connectivity index (χ2v) is 6.08. The Morgan fingerprint density at radius 2 is 2.05 bits per heavy atom. The molecular formula is C14H21ClN4. The van der Waals surface area contributed by atoms with Gasteiger partial charge < -0.3 is 9.47 Å². The smallest absolute Gasteiger partial charge is 0.160 e. The Morgan fingerprint density at radius 1 is 1.37 bits per heavy atom. The van der Waals surface area contributed by atoms with Crippen LogP contribution in [0.15, 0.2) is 12.3 Å². The monoisotopic (exact) mass is 280 g/mol. The first kappa shape index (κ1) is 14.3. The molecule has 0 amide bonds. The summed E-state index contributed by atoms with van der Waals surface area (Å²) >= 11 is 6.28. The molecule has 4 nitrogen and oxygen atoms in total. The molecule has 104 valence electrons. The lowest BCUT2D eigenvalue weighted by atomic mass is 10.2. The summed E-state index contributed by atoms with van der Waals surface area (Å²) in [7, 11) is 4.13. The predicted octanol–water partition coefficient (Wildman–Crippen LogP) is 3.16. The fraction of sp³-hybridized carbons (Fsp3) is 0.571. The third kappa shape index (κ3) is 2.90. The minimum Gasteiger partial charge on any atom is -0.307 e. The normalized spacial score (nSPS) is 15.1. The molecule has 2 rings (SSSR count). The van der Waals surface area contributed by atoms with Crippen molar-refractivity contribution in [3.63, 3.8) is 0 Å². The molecular weight excluding hydrogens is 260 g/mol. The third-order valence-electron chi connectivity index (χ3n) is 3.12. The third-order valence-corrected chi connectivity index (χ3v) is 3.32. The number of nitrogens with zero attached hydrogens (tertiary/aromatic N) is 4. The SMILES string of the molecule is Cc1cnc2c(c1)nc(C(C)Cl)n2C(C)CN(C)C. The Morgan fingerprint density at radius 3 is 2.63 bits per heavy atom. The lowest BCUT2D eigenvalue weighted by Gasteiger charge is -2.21. The topological polar surface area (TPSA) is 34.0 Å². The van der Waals surface area contributed by atoms with E-state index < -0.39 is 0 Å². The van der Waals surface area contributed by atoms with Gasteiger partial charge in [-0.15, -0.1) is 11.6 Å². The van der Waals surface area contributed by atoms with Crippen LogP contribution in [0.4, 0.5) is 0 Å². The number of fused-ring (bicyclic) bond motifs is 1. The van der Waals surface area contributed by atoms with E-state index in [1.165, 1.54) is 0 Å². The van der Waals surface area contributed by atoms with Gasteiger partial charge in [0.15, 0.2) is 5.65 Å². The molecule has 0 N–H and O–H groups in total. The first-order chi connectivity index (χ1) is 8.90. The van der Waals surface area contributed by atoms with Crippen molar-refractivity contribution in [2.75, 3.05) is 20.6 Å². The fourth-order valence-electron chi connectivity index (χ4n) is 2.43. The molecule has 2 aromatic rings. The van der Waals surface area contributed by atoms with Crippen LogP contribution >= 0.6 is 11.6 Å². The number of likely N-dealkylation sites (N-methyl/N-ethyl adjacent to an activating group) is 1. The maximum absolute atomic E-state index is 6.28. The van der Waals surface area contributed by atoms with Crippen molar-refractivity contribution >= 4 is 22.8 Å². The van der Waals surface area contributed by atoms with Gasteiger partial charge in [0, 0.05) is 18.8 Å². The van der Waals surface area contributed by atoms with Gasteiger partial charge in [-0.2, -0.15) is 0 Å². The van der Waals surface area contributed by atoms with Crippen molar-refractivity contribution in [2.45, 2.75) is 32.2 Å². The molecule has 0 saturated heterocycles. The zero-order valence-corrected chi connectivity index (χ0v) is 12.9. The lowest BCUT2D eigenvalue weighted by molar-refractivity contribution is 0.336. The highest BCUT2D eigenvalue weighted by Crippen LogP contribution is 2.27. The van der Waals surface area contributed by atoms with E-state index in [-0.39, 0.29) is 11.4 Å². The summed E-state index contributed by atoms with van der Waals surface area (Å²) in [6.45, 7) is 7.08. The Bertz CT molecular complexity index is 574. The molecule has 2 heterocycles. The number of pyridine rings is 1. The highest BCUT2D eigenvalue weighted by molar-refractivity contribution is 6.20. The first-order valence-corrected chi connectivity index (χ1v) is 6.97. The van der Waals surface area contributed by atoms with E-state index in [0.717, 1.165) is 29.1 Å². The molecule has 19 heavy (non-hydrogen) atoms. The van der Waals surface area contributed by atoms with E-state index in [4.69, 9.17) is 11.6 Å². The molecule has 0 radical (unpaired) electrons. The number of halogens is 1. The van der Waals surface area contributed by atoms with Crippen LogP contribution in [-0.4, -0.2) is 40.1 Å². The summed E-state index contributed by atoms with van der Waals surface area (Å²) in [5.74, 6) is 0.893. The van der Waals surface area contributed by atoms with Gasteiger partial charge >= 0.3 is 0 Å². The van der Waals surface area contributed by atoms with E-state index in [1.54, 1.807) is 0 Å². The predicted molar refractivity (Wildman–Crippen MR) is 79.8 cm³/mol. The Labute approximate surface area is 119 Å². The van der Waals surface area contributed by atoms with Gasteiger partial charge in [-0.3, -0.25) is 0 Å². The minimum atomic E-state index is -0.126. The molecule has 2 unspecified atom stereocenters. The number of imidazole rings is 1. The van der Waals surface area contributed by atoms with Crippen molar-refractivity contribution in [1.29, 1.82) is 0 Å². The van der Waals surface area contributed by atoms with Gasteiger partial charge in [0.1, 0.15) is 11.3 Å². The maximum Gasteiger partial charge on any atom is 0.160 e. The maximum atomic E-state index is 6.28. The number of hydrogen-bond donors (Lipinski definition) is 0. The number of aryl methyl sites for hydroxylation is 1. The average Bonchev–Trinajstić information content (AvgIpc) is 2.66. The molecule has 0 aromatic carbocycles. The molecule has 2 atom stereocenters. The van der Waals surface area contributed by atoms with E-state index >= 15 is 0 Å². The Balaban J connectivity index is 2.58. The lowest BCUT2D eigenvalue weighted by Crippen LogP contribution is -2.24. The standard InChI is InChI=1S/C14H21ClN4/c1-9-6-12-14(16-7-9)19(10(2)8-18(4)5)13(17-12)11(3)15/h6-7,10-11H,8H2,1-5H3. The molecule has 0 aliphatic heterocycles. The van der Waals surface area contributed by atoms with Crippen LogP contribution in [-0.2, 0) is 0 Å². The highest BCUT2D eigenvalue weighted by Gasteiger charge is 2.20. The second kappa shape index (κ2) is 5.47. The van der Waals surface area contributed by atoms with Crippen LogP contribution in [0.3, 0.4) is 0 Å². The highest BCUT2D eigenvalue weighted by atomic mass is 35.5. The van der Waals surface area contributed by atoms with Crippen LogP contribution in [0.1, 0.15) is 36.7 Å². The van der Waals surface area contributed by atoms with Gasteiger partial charge in [0.25, 0.3) is 0 Å². The van der Waals surface area contributed by atoms with E-state index in [1.807, 2.05) is 20.0 Å². The molecule has 0 saturated carbocycles. The summed E-state index contributed by atoms with van der Waals surface area (Å²) in [4.78, 5) is 11.3. The first-order valence-electron chi connectivity index (χ1n) is 6.53. The van der Waals surface area contributed by atoms with Crippen molar-refractivity contribution in [1.82, 2.24) is 19.4 Å². The number of aromatic nitrogens is 3. The molecule has 0 fully saturated rings. The molecule has 2 aromatic heterocycles. The van der Waals surface area contributed by atoms with Crippen LogP contribution in [0.25, 0.3) is 11.2 Å². The van der Waals surface area contributed by atoms with Crippen LogP contribution in [0.2, 0.25) is 0 Å². The fourth-order valence-corrected chi connectivity index (χ4v) is 2.58. The second-order valence-electron chi connectivity index (χ2n) is 5.42. The summed E-state index contributed by atoms with van der Waals surface area (Å²) in [5, 5.41) is -0.126. The van der Waals surface area contributed by atoms with Crippen LogP contribution < -0.4 is 0 Å². The van der Waals surface area contributed by atoms with Crippen molar-refractivity contribution < 1.29 is 0 Å². The average molecular weight is 281 g/mol. The number of rotatable bonds is 4. The van der Waals surface area contributed by atoms with Crippen molar-refractivity contribution in [2.24, 2.45) is 0 Å². The van der Waals surface area contributed by atoms with Crippen LogP contribution in [0.5, 0.6) is 0 Å². The molecule has 0 bridgehead atoms. The summed E-state index contributed by atoms with van der Waals surface area (Å²) in [5.41, 5.74) is 2.96. The summed E-state index contributed by atoms with van der Waals surface area (Å²) < 4.78 is 2.16. The number of hydrogen-bond acceptors (Lipinski definition) is 3. The quantitative estimate of drug-likeness (QED) is 0.807. The van der Waals surface area contributed by atoms with Gasteiger partial charge in [-0.05, 0) is 46.5 Å². The zero-order valence-electron chi connectivity index (χ0n) is 12.2. The van der Waals surface area contributed by atoms with E-state index in [9.17, 15) is 0 Å². The largest absolute Gasteiger partial charge is 0.307 e. The number of alkyl halides is 1. The zero-order chi connectivity index (χ0) is 14.2. The molecule has 5 heteroatoms. The van der Waals surface area contributed by atoms with Gasteiger partial charge in [0.2, 0.25) is 0 Å². The van der Waals surface area contributed by atoms with Crippen molar-refractivity contribution in [3.8, 4) is 0 Å². The van der Waals surface area contributed by atoms with E-state index in [2.05, 4.69) is 46.5 Å². The van der Waals surface area contributed by atoms with E-state index in [0.29, 0.717) is 0 Å². The van der Waals surface area contributed by atoms with Crippen molar-refractivity contribution in [3.05, 3.63) is 23.7 Å². The minimum absolute atomic E-state index is 0.126.